The van der Waals surface area contributed by atoms with Gasteiger partial charge in [-0.1, -0.05) is 11.6 Å². The van der Waals surface area contributed by atoms with Gasteiger partial charge >= 0.3 is 0 Å². The molecule has 1 aliphatic rings. The van der Waals surface area contributed by atoms with Gasteiger partial charge in [-0.2, -0.15) is 0 Å². The number of pyridine rings is 1. The van der Waals surface area contributed by atoms with Gasteiger partial charge in [0.15, 0.2) is 0 Å². The lowest BCUT2D eigenvalue weighted by Crippen LogP contribution is -2.23. The van der Waals surface area contributed by atoms with Gasteiger partial charge in [-0.05, 0) is 25.0 Å². The van der Waals surface area contributed by atoms with Crippen LogP contribution >= 0.6 is 11.6 Å². The van der Waals surface area contributed by atoms with Crippen molar-refractivity contribution in [2.24, 2.45) is 5.92 Å². The van der Waals surface area contributed by atoms with E-state index in [2.05, 4.69) is 4.98 Å². The number of hydrogen-bond acceptors (Lipinski definition) is 3. The molecule has 0 bridgehead atoms. The Balaban J connectivity index is 1.97. The van der Waals surface area contributed by atoms with Gasteiger partial charge in [0.2, 0.25) is 0 Å². The van der Waals surface area contributed by atoms with Gasteiger partial charge in [0.1, 0.15) is 0 Å². The maximum Gasteiger partial charge on any atom is 0.0632 e. The highest BCUT2D eigenvalue weighted by atomic mass is 35.5. The van der Waals surface area contributed by atoms with Crippen molar-refractivity contribution in [2.45, 2.75) is 32.0 Å². The molecule has 3 unspecified atom stereocenters. The van der Waals surface area contributed by atoms with Crippen molar-refractivity contribution in [3.05, 3.63) is 29.0 Å². The summed E-state index contributed by atoms with van der Waals surface area (Å²) in [5.74, 6) is 0.222. The first-order chi connectivity index (χ1) is 7.66. The van der Waals surface area contributed by atoms with E-state index in [0.29, 0.717) is 18.1 Å². The summed E-state index contributed by atoms with van der Waals surface area (Å²) in [5, 5.41) is 10.7. The average molecular weight is 242 g/mol. The predicted molar refractivity (Wildman–Crippen MR) is 62.5 cm³/mol. The Morgan fingerprint density at radius 3 is 3.12 bits per heavy atom. The van der Waals surface area contributed by atoms with Crippen LogP contribution in [0.15, 0.2) is 18.5 Å². The molecule has 2 rings (SSSR count). The predicted octanol–water partition coefficient (Wildman–Crippen LogP) is 2.06. The molecule has 0 aromatic carbocycles. The largest absolute Gasteiger partial charge is 0.392 e. The monoisotopic (exact) mass is 241 g/mol. The quantitative estimate of drug-likeness (QED) is 0.881. The van der Waals surface area contributed by atoms with E-state index in [1.54, 1.807) is 12.4 Å². The summed E-state index contributed by atoms with van der Waals surface area (Å²) in [6, 6.07) is 1.85. The number of aliphatic hydroxyl groups is 1. The van der Waals surface area contributed by atoms with Crippen LogP contribution in [0.5, 0.6) is 0 Å². The van der Waals surface area contributed by atoms with Crippen molar-refractivity contribution in [2.75, 3.05) is 6.61 Å². The maximum atomic E-state index is 10.1. The molecule has 2 heterocycles. The molecule has 0 radical (unpaired) electrons. The van der Waals surface area contributed by atoms with Crippen LogP contribution in [0.4, 0.5) is 0 Å². The van der Waals surface area contributed by atoms with Crippen molar-refractivity contribution >= 4 is 11.6 Å². The minimum atomic E-state index is -0.384. The second kappa shape index (κ2) is 5.13. The average Bonchev–Trinajstić information content (AvgIpc) is 2.68. The van der Waals surface area contributed by atoms with E-state index >= 15 is 0 Å². The fourth-order valence-corrected chi connectivity index (χ4v) is 2.28. The minimum absolute atomic E-state index is 0.222. The fourth-order valence-electron chi connectivity index (χ4n) is 2.08. The van der Waals surface area contributed by atoms with Gasteiger partial charge in [-0.25, -0.2) is 0 Å². The summed E-state index contributed by atoms with van der Waals surface area (Å²) in [6.45, 7) is 2.68. The topological polar surface area (TPSA) is 42.4 Å². The molecule has 1 N–H and O–H groups in total. The number of aromatic nitrogens is 1. The SMILES string of the molecule is CC1CC(C(O)Cc2ccncc2Cl)CO1. The van der Waals surface area contributed by atoms with Gasteiger partial charge in [0, 0.05) is 24.7 Å². The van der Waals surface area contributed by atoms with E-state index in [0.717, 1.165) is 12.0 Å². The molecule has 88 valence electrons. The molecule has 0 amide bonds. The Hall–Kier alpha value is -0.640. The Morgan fingerprint density at radius 2 is 2.50 bits per heavy atom. The van der Waals surface area contributed by atoms with Crippen LogP contribution in [0.25, 0.3) is 0 Å². The number of hydrogen-bond donors (Lipinski definition) is 1. The molecular weight excluding hydrogens is 226 g/mol. The number of nitrogens with zero attached hydrogens (tertiary/aromatic N) is 1. The van der Waals surface area contributed by atoms with Crippen LogP contribution in [0, 0.1) is 5.92 Å². The van der Waals surface area contributed by atoms with E-state index in [1.165, 1.54) is 0 Å². The van der Waals surface area contributed by atoms with Gasteiger partial charge in [0.05, 0.1) is 23.8 Å². The first-order valence-corrected chi connectivity index (χ1v) is 5.92. The number of ether oxygens (including phenoxy) is 1. The molecule has 1 saturated heterocycles. The first kappa shape index (κ1) is 11.8. The molecule has 1 aromatic rings. The molecule has 0 saturated carbocycles. The van der Waals surface area contributed by atoms with Gasteiger partial charge in [-0.15, -0.1) is 0 Å². The number of halogens is 1. The number of aliphatic hydroxyl groups excluding tert-OH is 1. The molecule has 1 fully saturated rings. The van der Waals surface area contributed by atoms with Crippen LogP contribution in [-0.2, 0) is 11.2 Å². The fraction of sp³-hybridized carbons (Fsp3) is 0.583. The van der Waals surface area contributed by atoms with Gasteiger partial charge in [0.25, 0.3) is 0 Å². The van der Waals surface area contributed by atoms with Crippen LogP contribution in [0.3, 0.4) is 0 Å². The van der Waals surface area contributed by atoms with Crippen molar-refractivity contribution in [1.82, 2.24) is 4.98 Å². The maximum absolute atomic E-state index is 10.1. The van der Waals surface area contributed by atoms with Crippen molar-refractivity contribution in [3.8, 4) is 0 Å². The third-order valence-electron chi connectivity index (χ3n) is 3.06. The molecule has 16 heavy (non-hydrogen) atoms. The van der Waals surface area contributed by atoms with Crippen molar-refractivity contribution in [3.63, 3.8) is 0 Å². The molecule has 4 heteroatoms. The Kier molecular flexibility index (Phi) is 3.79. The zero-order chi connectivity index (χ0) is 11.5. The van der Waals surface area contributed by atoms with Gasteiger partial charge in [-0.3, -0.25) is 4.98 Å². The summed E-state index contributed by atoms with van der Waals surface area (Å²) in [4.78, 5) is 3.92. The summed E-state index contributed by atoms with van der Waals surface area (Å²) >= 11 is 6.00. The standard InChI is InChI=1S/C12H16ClNO2/c1-8-4-10(7-16-8)12(15)5-9-2-3-14-6-11(9)13/h2-3,6,8,10,12,15H,4-5,7H2,1H3. The molecule has 1 aliphatic heterocycles. The minimum Gasteiger partial charge on any atom is -0.392 e. The molecule has 0 aliphatic carbocycles. The molecule has 3 nitrogen and oxygen atoms in total. The smallest absolute Gasteiger partial charge is 0.0632 e. The van der Waals surface area contributed by atoms with E-state index < -0.39 is 0 Å². The zero-order valence-electron chi connectivity index (χ0n) is 9.27. The highest BCUT2D eigenvalue weighted by Gasteiger charge is 2.28. The summed E-state index contributed by atoms with van der Waals surface area (Å²) < 4.78 is 5.45. The zero-order valence-corrected chi connectivity index (χ0v) is 10.0. The van der Waals surface area contributed by atoms with E-state index in [-0.39, 0.29) is 18.1 Å². The molecule has 0 spiro atoms. The Morgan fingerprint density at radius 1 is 1.69 bits per heavy atom. The van der Waals surface area contributed by atoms with Gasteiger partial charge < -0.3 is 9.84 Å². The third-order valence-corrected chi connectivity index (χ3v) is 3.40. The number of rotatable bonds is 3. The van der Waals surface area contributed by atoms with Crippen LogP contribution < -0.4 is 0 Å². The third kappa shape index (κ3) is 2.73. The highest BCUT2D eigenvalue weighted by Crippen LogP contribution is 2.25. The van der Waals surface area contributed by atoms with E-state index in [1.807, 2.05) is 13.0 Å². The summed E-state index contributed by atoms with van der Waals surface area (Å²) in [5.41, 5.74) is 0.948. The first-order valence-electron chi connectivity index (χ1n) is 5.55. The lowest BCUT2D eigenvalue weighted by molar-refractivity contribution is 0.0807. The molecule has 3 atom stereocenters. The lowest BCUT2D eigenvalue weighted by atomic mass is 9.94. The lowest BCUT2D eigenvalue weighted by Gasteiger charge is -2.16. The normalized spacial score (nSPS) is 26.9. The van der Waals surface area contributed by atoms with Crippen molar-refractivity contribution < 1.29 is 9.84 Å². The summed E-state index contributed by atoms with van der Waals surface area (Å²) in [7, 11) is 0. The van der Waals surface area contributed by atoms with Crippen LogP contribution in [-0.4, -0.2) is 28.9 Å². The Bertz CT molecular complexity index is 359. The second-order valence-corrected chi connectivity index (χ2v) is 4.79. The second-order valence-electron chi connectivity index (χ2n) is 4.38. The highest BCUT2D eigenvalue weighted by molar-refractivity contribution is 6.31. The van der Waals surface area contributed by atoms with Crippen LogP contribution in [0.1, 0.15) is 18.9 Å². The van der Waals surface area contributed by atoms with E-state index in [4.69, 9.17) is 16.3 Å². The van der Waals surface area contributed by atoms with Crippen LogP contribution in [0.2, 0.25) is 5.02 Å². The van der Waals surface area contributed by atoms with E-state index in [9.17, 15) is 5.11 Å². The Labute approximate surface area is 100 Å². The molecular formula is C12H16ClNO2. The molecule has 1 aromatic heterocycles. The summed E-state index contributed by atoms with van der Waals surface area (Å²) in [6.07, 6.45) is 4.67. The van der Waals surface area contributed by atoms with Crippen molar-refractivity contribution in [1.29, 1.82) is 0 Å².